The molecule has 0 aromatic heterocycles. The van der Waals surface area contributed by atoms with E-state index in [9.17, 15) is 9.18 Å². The van der Waals surface area contributed by atoms with Gasteiger partial charge < -0.3 is 4.74 Å². The van der Waals surface area contributed by atoms with Crippen LogP contribution in [0.5, 0.6) is 0 Å². The highest BCUT2D eigenvalue weighted by Gasteiger charge is 2.34. The number of thioether (sulfide) groups is 1. The minimum atomic E-state index is -0.293. The monoisotopic (exact) mass is 323 g/mol. The first-order chi connectivity index (χ1) is 10.1. The Balaban J connectivity index is 1.74. The van der Waals surface area contributed by atoms with E-state index in [2.05, 4.69) is 0 Å². The Hall–Kier alpha value is -1.24. The number of thiocarbonyl (C=S) groups is 1. The van der Waals surface area contributed by atoms with Gasteiger partial charge in [0.15, 0.2) is 0 Å². The fraction of sp³-hybridized carbons (Fsp3) is 0.333. The maximum Gasteiger partial charge on any atom is 0.266 e. The van der Waals surface area contributed by atoms with Gasteiger partial charge in [0, 0.05) is 6.61 Å². The van der Waals surface area contributed by atoms with Crippen molar-refractivity contribution in [1.29, 1.82) is 0 Å². The first-order valence-electron chi connectivity index (χ1n) is 6.76. The van der Waals surface area contributed by atoms with E-state index in [1.165, 1.54) is 23.9 Å². The van der Waals surface area contributed by atoms with Gasteiger partial charge in [0.2, 0.25) is 0 Å². The highest BCUT2D eigenvalue weighted by molar-refractivity contribution is 8.26. The zero-order valence-corrected chi connectivity index (χ0v) is 12.9. The molecule has 0 aliphatic carbocycles. The Morgan fingerprint density at radius 1 is 1.43 bits per heavy atom. The molecule has 2 saturated heterocycles. The number of rotatable bonds is 3. The van der Waals surface area contributed by atoms with Gasteiger partial charge in [0.1, 0.15) is 10.1 Å². The lowest BCUT2D eigenvalue weighted by Crippen LogP contribution is -2.35. The Bertz CT molecular complexity index is 594. The van der Waals surface area contributed by atoms with E-state index in [0.717, 1.165) is 25.0 Å². The summed E-state index contributed by atoms with van der Waals surface area (Å²) < 4.78 is 19.0. The number of benzene rings is 1. The fourth-order valence-corrected chi connectivity index (χ4v) is 3.63. The molecule has 21 heavy (non-hydrogen) atoms. The van der Waals surface area contributed by atoms with Crippen LogP contribution in [0.3, 0.4) is 0 Å². The zero-order valence-electron chi connectivity index (χ0n) is 11.3. The van der Waals surface area contributed by atoms with Gasteiger partial charge in [-0.2, -0.15) is 0 Å². The lowest BCUT2D eigenvalue weighted by atomic mass is 10.2. The van der Waals surface area contributed by atoms with E-state index >= 15 is 0 Å². The van der Waals surface area contributed by atoms with Crippen LogP contribution < -0.4 is 0 Å². The summed E-state index contributed by atoms with van der Waals surface area (Å²) >= 11 is 6.56. The summed E-state index contributed by atoms with van der Waals surface area (Å²) in [5, 5.41) is 0. The average Bonchev–Trinajstić information content (AvgIpc) is 3.06. The van der Waals surface area contributed by atoms with Gasteiger partial charge in [0.25, 0.3) is 5.91 Å². The number of carbonyl (C=O) groups is 1. The molecule has 1 aromatic carbocycles. The number of hydrogen-bond donors (Lipinski definition) is 0. The molecule has 1 aromatic rings. The molecule has 0 saturated carbocycles. The van der Waals surface area contributed by atoms with Crippen molar-refractivity contribution < 1.29 is 13.9 Å². The molecule has 3 nitrogen and oxygen atoms in total. The molecule has 0 spiro atoms. The summed E-state index contributed by atoms with van der Waals surface area (Å²) in [6.45, 7) is 1.27. The number of nitrogens with zero attached hydrogens (tertiary/aromatic N) is 1. The molecule has 2 heterocycles. The van der Waals surface area contributed by atoms with Gasteiger partial charge in [-0.15, -0.1) is 0 Å². The molecule has 0 N–H and O–H groups in total. The van der Waals surface area contributed by atoms with Crippen molar-refractivity contribution in [3.63, 3.8) is 0 Å². The van der Waals surface area contributed by atoms with Gasteiger partial charge in [-0.3, -0.25) is 9.69 Å². The van der Waals surface area contributed by atoms with Crippen molar-refractivity contribution in [2.24, 2.45) is 0 Å². The number of amides is 1. The van der Waals surface area contributed by atoms with Crippen LogP contribution in [0.15, 0.2) is 29.2 Å². The Morgan fingerprint density at radius 2 is 2.19 bits per heavy atom. The summed E-state index contributed by atoms with van der Waals surface area (Å²) in [4.78, 5) is 14.6. The molecule has 110 valence electrons. The summed E-state index contributed by atoms with van der Waals surface area (Å²) in [6, 6.07) is 6.03. The van der Waals surface area contributed by atoms with Crippen LogP contribution in [0, 0.1) is 5.82 Å². The Morgan fingerprint density at radius 3 is 2.86 bits per heavy atom. The largest absolute Gasteiger partial charge is 0.376 e. The molecule has 2 fully saturated rings. The highest BCUT2D eigenvalue weighted by atomic mass is 32.2. The second-order valence-corrected chi connectivity index (χ2v) is 6.65. The van der Waals surface area contributed by atoms with Crippen molar-refractivity contribution in [3.05, 3.63) is 40.6 Å². The smallest absolute Gasteiger partial charge is 0.266 e. The van der Waals surface area contributed by atoms with Gasteiger partial charge in [0.05, 0.1) is 17.6 Å². The topological polar surface area (TPSA) is 29.5 Å². The third-order valence-corrected chi connectivity index (χ3v) is 4.83. The molecule has 0 radical (unpaired) electrons. The second kappa shape index (κ2) is 6.25. The lowest BCUT2D eigenvalue weighted by Gasteiger charge is -2.18. The predicted molar refractivity (Wildman–Crippen MR) is 85.3 cm³/mol. The van der Waals surface area contributed by atoms with Crippen molar-refractivity contribution >= 4 is 40.3 Å². The number of carbonyl (C=O) groups excluding carboxylic acids is 1. The van der Waals surface area contributed by atoms with Crippen molar-refractivity contribution in [2.45, 2.75) is 18.9 Å². The SMILES string of the molecule is O=C1/C(=C/c2ccc(F)cc2)SC(=S)N1C[C@H]1CCCO1. The summed E-state index contributed by atoms with van der Waals surface area (Å²) in [5.74, 6) is -0.386. The zero-order chi connectivity index (χ0) is 14.8. The van der Waals surface area contributed by atoms with Crippen LogP contribution in [-0.4, -0.2) is 34.4 Å². The van der Waals surface area contributed by atoms with E-state index in [4.69, 9.17) is 17.0 Å². The van der Waals surface area contributed by atoms with Crippen LogP contribution in [0.2, 0.25) is 0 Å². The molecule has 0 unspecified atom stereocenters. The molecule has 2 aliphatic heterocycles. The van der Waals surface area contributed by atoms with Crippen LogP contribution in [-0.2, 0) is 9.53 Å². The molecular formula is C15H14FNO2S2. The van der Waals surface area contributed by atoms with Gasteiger partial charge >= 0.3 is 0 Å². The first-order valence-corrected chi connectivity index (χ1v) is 7.98. The average molecular weight is 323 g/mol. The van der Waals surface area contributed by atoms with Crippen LogP contribution in [0.1, 0.15) is 18.4 Å². The second-order valence-electron chi connectivity index (χ2n) is 4.98. The van der Waals surface area contributed by atoms with Crippen molar-refractivity contribution in [1.82, 2.24) is 4.90 Å². The van der Waals surface area contributed by atoms with E-state index in [1.54, 1.807) is 23.1 Å². The molecule has 2 aliphatic rings. The van der Waals surface area contributed by atoms with Crippen molar-refractivity contribution in [3.8, 4) is 0 Å². The minimum Gasteiger partial charge on any atom is -0.376 e. The van der Waals surface area contributed by atoms with Gasteiger partial charge in [-0.1, -0.05) is 36.1 Å². The minimum absolute atomic E-state index is 0.0812. The Kier molecular flexibility index (Phi) is 4.37. The molecule has 6 heteroatoms. The number of hydrogen-bond acceptors (Lipinski definition) is 4. The van der Waals surface area contributed by atoms with Crippen molar-refractivity contribution in [2.75, 3.05) is 13.2 Å². The summed E-state index contributed by atoms with van der Waals surface area (Å²) in [7, 11) is 0. The Labute approximate surface area is 132 Å². The summed E-state index contributed by atoms with van der Waals surface area (Å²) in [5.41, 5.74) is 0.786. The highest BCUT2D eigenvalue weighted by Crippen LogP contribution is 2.33. The van der Waals surface area contributed by atoms with E-state index < -0.39 is 0 Å². The van der Waals surface area contributed by atoms with Crippen LogP contribution in [0.4, 0.5) is 4.39 Å². The van der Waals surface area contributed by atoms with Gasteiger partial charge in [-0.25, -0.2) is 4.39 Å². The third kappa shape index (κ3) is 3.33. The predicted octanol–water partition coefficient (Wildman–Crippen LogP) is 3.21. The van der Waals surface area contributed by atoms with Gasteiger partial charge in [-0.05, 0) is 36.6 Å². The normalized spacial score (nSPS) is 24.3. The van der Waals surface area contributed by atoms with E-state index in [1.807, 2.05) is 0 Å². The third-order valence-electron chi connectivity index (χ3n) is 3.45. The standard InChI is InChI=1S/C15H14FNO2S2/c16-11-5-3-10(4-6-11)8-13-14(18)17(15(20)21-13)9-12-2-1-7-19-12/h3-6,8,12H,1-2,7,9H2/b13-8-/t12-/m1/s1. The quantitative estimate of drug-likeness (QED) is 0.631. The first kappa shape index (κ1) is 14.7. The molecule has 1 atom stereocenters. The van der Waals surface area contributed by atoms with Crippen LogP contribution >= 0.6 is 24.0 Å². The van der Waals surface area contributed by atoms with E-state index in [0.29, 0.717) is 15.8 Å². The fourth-order valence-electron chi connectivity index (χ4n) is 2.36. The maximum absolute atomic E-state index is 12.9. The molecule has 0 bridgehead atoms. The molecular weight excluding hydrogens is 309 g/mol. The van der Waals surface area contributed by atoms with Crippen LogP contribution in [0.25, 0.3) is 6.08 Å². The molecule has 3 rings (SSSR count). The number of halogens is 1. The van der Waals surface area contributed by atoms with E-state index in [-0.39, 0.29) is 17.8 Å². The summed E-state index contributed by atoms with van der Waals surface area (Å²) in [6.07, 6.45) is 3.82. The lowest BCUT2D eigenvalue weighted by molar-refractivity contribution is -0.123. The number of ether oxygens (including phenoxy) is 1. The maximum atomic E-state index is 12.9. The molecule has 1 amide bonds.